The van der Waals surface area contributed by atoms with Gasteiger partial charge in [0.2, 0.25) is 0 Å². The normalized spacial score (nSPS) is 13.4. The maximum atomic E-state index is 11.9. The number of hydrogen-bond donors (Lipinski definition) is 1. The lowest BCUT2D eigenvalue weighted by Gasteiger charge is -2.10. The molecule has 1 fully saturated rings. The fourth-order valence-corrected chi connectivity index (χ4v) is 2.38. The number of amides is 1. The minimum absolute atomic E-state index is 0.0455. The van der Waals surface area contributed by atoms with E-state index in [0.29, 0.717) is 24.0 Å². The Morgan fingerprint density at radius 3 is 2.78 bits per heavy atom. The van der Waals surface area contributed by atoms with Crippen LogP contribution in [0.3, 0.4) is 0 Å². The largest absolute Gasteiger partial charge is 0.493 e. The van der Waals surface area contributed by atoms with Crippen LogP contribution in [0.2, 0.25) is 0 Å². The molecule has 3 rings (SSSR count). The number of ether oxygens (including phenoxy) is 2. The summed E-state index contributed by atoms with van der Waals surface area (Å²) < 4.78 is 10.7. The lowest BCUT2D eigenvalue weighted by Crippen LogP contribution is -2.28. The van der Waals surface area contributed by atoms with Crippen LogP contribution in [-0.2, 0) is 11.3 Å². The van der Waals surface area contributed by atoms with E-state index in [0.717, 1.165) is 5.56 Å². The molecule has 5 nitrogen and oxygen atoms in total. The van der Waals surface area contributed by atoms with E-state index in [2.05, 4.69) is 16.4 Å². The lowest BCUT2D eigenvalue weighted by atomic mass is 10.1. The van der Waals surface area contributed by atoms with Crippen molar-refractivity contribution >= 4 is 5.91 Å². The van der Waals surface area contributed by atoms with Crippen LogP contribution >= 0.6 is 0 Å². The average Bonchev–Trinajstić information content (AvgIpc) is 3.44. The number of rotatable bonds is 7. The van der Waals surface area contributed by atoms with Crippen molar-refractivity contribution < 1.29 is 14.3 Å². The summed E-state index contributed by atoms with van der Waals surface area (Å²) >= 11 is 0. The summed E-state index contributed by atoms with van der Waals surface area (Å²) in [4.78, 5) is 16.2. The van der Waals surface area contributed by atoms with Gasteiger partial charge in [-0.2, -0.15) is 0 Å². The number of nitrogens with zero attached hydrogens (tertiary/aromatic N) is 1. The van der Waals surface area contributed by atoms with Crippen LogP contribution in [0.15, 0.2) is 42.7 Å². The van der Waals surface area contributed by atoms with Crippen LogP contribution < -0.4 is 14.8 Å². The molecule has 23 heavy (non-hydrogen) atoms. The van der Waals surface area contributed by atoms with Gasteiger partial charge in [-0.3, -0.25) is 9.78 Å². The lowest BCUT2D eigenvalue weighted by molar-refractivity contribution is -0.123. The van der Waals surface area contributed by atoms with E-state index in [1.54, 1.807) is 25.4 Å². The highest BCUT2D eigenvalue weighted by Crippen LogP contribution is 2.39. The van der Waals surface area contributed by atoms with Crippen molar-refractivity contribution in [1.29, 1.82) is 0 Å². The van der Waals surface area contributed by atoms with Crippen LogP contribution in [0.1, 0.15) is 29.9 Å². The summed E-state index contributed by atoms with van der Waals surface area (Å²) in [5.41, 5.74) is 2.28. The Morgan fingerprint density at radius 1 is 1.26 bits per heavy atom. The molecule has 1 aliphatic rings. The Hall–Kier alpha value is -2.56. The molecule has 0 atom stereocenters. The Morgan fingerprint density at radius 2 is 2.04 bits per heavy atom. The zero-order chi connectivity index (χ0) is 16.1. The van der Waals surface area contributed by atoms with Gasteiger partial charge in [-0.05, 0) is 42.0 Å². The molecule has 2 aromatic rings. The molecular weight excluding hydrogens is 292 g/mol. The summed E-state index contributed by atoms with van der Waals surface area (Å²) in [7, 11) is 1.57. The van der Waals surface area contributed by atoms with Crippen molar-refractivity contribution in [2.24, 2.45) is 0 Å². The first-order valence-corrected chi connectivity index (χ1v) is 7.72. The van der Waals surface area contributed by atoms with Crippen molar-refractivity contribution in [2.45, 2.75) is 25.3 Å². The summed E-state index contributed by atoms with van der Waals surface area (Å²) in [5.74, 6) is 1.66. The molecule has 1 aromatic carbocycles. The summed E-state index contributed by atoms with van der Waals surface area (Å²) in [6, 6.07) is 9.37. The first-order chi connectivity index (χ1) is 11.3. The standard InChI is InChI=1S/C18H20N2O3/c1-22-16-4-2-3-5-17(16)23-12-18(21)20-10-13-8-15(11-19-9-13)14-6-7-14/h2-5,8-9,11,14H,6-7,10,12H2,1H3,(H,20,21). The molecule has 1 amide bonds. The number of pyridine rings is 1. The molecule has 0 unspecified atom stereocenters. The molecule has 0 spiro atoms. The van der Waals surface area contributed by atoms with Gasteiger partial charge in [-0.25, -0.2) is 0 Å². The number of carbonyl (C=O) groups excluding carboxylic acids is 1. The number of para-hydroxylation sites is 2. The quantitative estimate of drug-likeness (QED) is 0.854. The van der Waals surface area contributed by atoms with Gasteiger partial charge in [0.1, 0.15) is 0 Å². The van der Waals surface area contributed by atoms with Gasteiger partial charge in [0.25, 0.3) is 5.91 Å². The Bertz CT molecular complexity index is 683. The van der Waals surface area contributed by atoms with E-state index < -0.39 is 0 Å². The number of carbonyl (C=O) groups is 1. The molecule has 0 bridgehead atoms. The Balaban J connectivity index is 1.49. The minimum Gasteiger partial charge on any atom is -0.493 e. The molecular formula is C18H20N2O3. The van der Waals surface area contributed by atoms with Gasteiger partial charge >= 0.3 is 0 Å². The third kappa shape index (κ3) is 4.22. The zero-order valence-corrected chi connectivity index (χ0v) is 13.1. The van der Waals surface area contributed by atoms with Gasteiger partial charge in [0, 0.05) is 18.9 Å². The molecule has 0 radical (unpaired) electrons. The van der Waals surface area contributed by atoms with Crippen molar-refractivity contribution in [1.82, 2.24) is 10.3 Å². The highest BCUT2D eigenvalue weighted by Gasteiger charge is 2.23. The summed E-state index contributed by atoms with van der Waals surface area (Å²) in [5, 5.41) is 2.85. The second kappa shape index (κ2) is 7.13. The second-order valence-electron chi connectivity index (χ2n) is 5.62. The van der Waals surface area contributed by atoms with Crippen LogP contribution in [0.5, 0.6) is 11.5 Å². The van der Waals surface area contributed by atoms with E-state index in [9.17, 15) is 4.79 Å². The van der Waals surface area contributed by atoms with E-state index in [1.807, 2.05) is 18.3 Å². The third-order valence-corrected chi connectivity index (χ3v) is 3.78. The van der Waals surface area contributed by atoms with Crippen molar-refractivity contribution in [3.63, 3.8) is 0 Å². The van der Waals surface area contributed by atoms with Crippen molar-refractivity contribution in [2.75, 3.05) is 13.7 Å². The number of nitrogens with one attached hydrogen (secondary N) is 1. The smallest absolute Gasteiger partial charge is 0.258 e. The predicted octanol–water partition coefficient (Wildman–Crippen LogP) is 2.66. The topological polar surface area (TPSA) is 60.5 Å². The van der Waals surface area contributed by atoms with Gasteiger partial charge in [-0.1, -0.05) is 18.2 Å². The zero-order valence-electron chi connectivity index (χ0n) is 13.1. The fourth-order valence-electron chi connectivity index (χ4n) is 2.38. The van der Waals surface area contributed by atoms with Crippen molar-refractivity contribution in [3.8, 4) is 11.5 Å². The Kier molecular flexibility index (Phi) is 4.76. The number of hydrogen-bond acceptors (Lipinski definition) is 4. The highest BCUT2D eigenvalue weighted by atomic mass is 16.5. The molecule has 1 heterocycles. The first kappa shape index (κ1) is 15.3. The van der Waals surface area contributed by atoms with E-state index in [4.69, 9.17) is 9.47 Å². The van der Waals surface area contributed by atoms with Crippen molar-refractivity contribution in [3.05, 3.63) is 53.9 Å². The minimum atomic E-state index is -0.173. The monoisotopic (exact) mass is 312 g/mol. The Labute approximate surface area is 135 Å². The molecule has 1 N–H and O–H groups in total. The third-order valence-electron chi connectivity index (χ3n) is 3.78. The maximum absolute atomic E-state index is 11.9. The van der Waals surface area contributed by atoms with Gasteiger partial charge in [-0.15, -0.1) is 0 Å². The second-order valence-corrected chi connectivity index (χ2v) is 5.62. The van der Waals surface area contributed by atoms with E-state index in [1.165, 1.54) is 18.4 Å². The molecule has 120 valence electrons. The molecule has 0 aliphatic heterocycles. The molecule has 1 aliphatic carbocycles. The van der Waals surface area contributed by atoms with Gasteiger partial charge in [0.05, 0.1) is 7.11 Å². The van der Waals surface area contributed by atoms with Crippen LogP contribution in [0.4, 0.5) is 0 Å². The maximum Gasteiger partial charge on any atom is 0.258 e. The van der Waals surface area contributed by atoms with Crippen LogP contribution in [-0.4, -0.2) is 24.6 Å². The first-order valence-electron chi connectivity index (χ1n) is 7.72. The summed E-state index contributed by atoms with van der Waals surface area (Å²) in [6.45, 7) is 0.414. The molecule has 0 saturated heterocycles. The van der Waals surface area contributed by atoms with Crippen LogP contribution in [0, 0.1) is 0 Å². The van der Waals surface area contributed by atoms with E-state index in [-0.39, 0.29) is 12.5 Å². The van der Waals surface area contributed by atoms with Gasteiger partial charge in [0.15, 0.2) is 18.1 Å². The molecule has 5 heteroatoms. The number of benzene rings is 1. The molecule has 1 saturated carbocycles. The fraction of sp³-hybridized carbons (Fsp3) is 0.333. The summed E-state index contributed by atoms with van der Waals surface area (Å²) in [6.07, 6.45) is 6.18. The number of methoxy groups -OCH3 is 1. The highest BCUT2D eigenvalue weighted by molar-refractivity contribution is 5.77. The molecule has 1 aromatic heterocycles. The van der Waals surface area contributed by atoms with E-state index >= 15 is 0 Å². The van der Waals surface area contributed by atoms with Crippen LogP contribution in [0.25, 0.3) is 0 Å². The SMILES string of the molecule is COc1ccccc1OCC(=O)NCc1cncc(C2CC2)c1. The van der Waals surface area contributed by atoms with Gasteiger partial charge < -0.3 is 14.8 Å². The number of aromatic nitrogens is 1. The predicted molar refractivity (Wildman–Crippen MR) is 86.5 cm³/mol. The average molecular weight is 312 g/mol.